The van der Waals surface area contributed by atoms with E-state index in [0.717, 1.165) is 48.9 Å². The van der Waals surface area contributed by atoms with Gasteiger partial charge in [-0.1, -0.05) is 0 Å². The number of hydrogen-bond donors (Lipinski definition) is 0. The fraction of sp³-hybridized carbons (Fsp3) is 0.632. The van der Waals surface area contributed by atoms with Crippen LogP contribution in [0.2, 0.25) is 0 Å². The average Bonchev–Trinajstić information content (AvgIpc) is 3.23. The molecule has 1 aromatic heterocycles. The fourth-order valence-corrected chi connectivity index (χ4v) is 3.81. The molecule has 3 aliphatic rings. The number of aromatic nitrogens is 2. The normalized spacial score (nSPS) is 24.0. The Morgan fingerprint density at radius 1 is 1.19 bits per heavy atom. The molecule has 0 aromatic carbocycles. The molecule has 1 amide bonds. The van der Waals surface area contributed by atoms with Crippen molar-refractivity contribution in [1.82, 2.24) is 14.9 Å². The highest BCUT2D eigenvalue weighted by Gasteiger charge is 2.30. The molecule has 26 heavy (non-hydrogen) atoms. The number of carbonyl (C=O) groups is 1. The number of allylic oxidation sites excluding steroid dienone is 1. The van der Waals surface area contributed by atoms with Crippen molar-refractivity contribution in [3.05, 3.63) is 29.3 Å². The highest BCUT2D eigenvalue weighted by Crippen LogP contribution is 2.26. The zero-order valence-electron chi connectivity index (χ0n) is 15.3. The zero-order valence-corrected chi connectivity index (χ0v) is 15.3. The monoisotopic (exact) mass is 358 g/mol. The van der Waals surface area contributed by atoms with Crippen molar-refractivity contribution in [3.63, 3.8) is 0 Å². The minimum atomic E-state index is -0.206. The van der Waals surface area contributed by atoms with Gasteiger partial charge in [0.15, 0.2) is 0 Å². The lowest BCUT2D eigenvalue weighted by Crippen LogP contribution is -2.43. The predicted octanol–water partition coefficient (Wildman–Crippen LogP) is 2.06. The second-order valence-electron chi connectivity index (χ2n) is 7.07. The van der Waals surface area contributed by atoms with Crippen LogP contribution in [0, 0.1) is 0 Å². The van der Waals surface area contributed by atoms with E-state index < -0.39 is 0 Å². The van der Waals surface area contributed by atoms with Gasteiger partial charge in [0.05, 0.1) is 31.0 Å². The van der Waals surface area contributed by atoms with Crippen molar-refractivity contribution < 1.29 is 14.3 Å². The summed E-state index contributed by atoms with van der Waals surface area (Å²) in [5.41, 5.74) is 1.65. The van der Waals surface area contributed by atoms with Gasteiger partial charge in [-0.2, -0.15) is 0 Å². The maximum absolute atomic E-state index is 12.9. The van der Waals surface area contributed by atoms with E-state index in [-0.39, 0.29) is 12.0 Å². The van der Waals surface area contributed by atoms with Crippen molar-refractivity contribution >= 4 is 11.9 Å². The molecule has 0 saturated carbocycles. The minimum absolute atomic E-state index is 0.0734. The van der Waals surface area contributed by atoms with E-state index in [2.05, 4.69) is 9.88 Å². The van der Waals surface area contributed by atoms with E-state index in [1.165, 1.54) is 12.8 Å². The highest BCUT2D eigenvalue weighted by atomic mass is 16.5. The molecular formula is C19H26N4O3. The maximum atomic E-state index is 12.9. The molecule has 0 unspecified atom stereocenters. The van der Waals surface area contributed by atoms with Crippen LogP contribution in [-0.4, -0.2) is 60.2 Å². The summed E-state index contributed by atoms with van der Waals surface area (Å²) in [6, 6.07) is 1.90. The van der Waals surface area contributed by atoms with Crippen LogP contribution in [0.15, 0.2) is 23.6 Å². The van der Waals surface area contributed by atoms with Crippen molar-refractivity contribution in [3.8, 4) is 0 Å². The van der Waals surface area contributed by atoms with Crippen LogP contribution in [-0.2, 0) is 14.3 Å². The number of nitrogens with zero attached hydrogens (tertiary/aromatic N) is 4. The first-order chi connectivity index (χ1) is 12.7. The van der Waals surface area contributed by atoms with Gasteiger partial charge in [-0.15, -0.1) is 0 Å². The number of morpholine rings is 1. The summed E-state index contributed by atoms with van der Waals surface area (Å²) in [6.07, 6.45) is 5.65. The van der Waals surface area contributed by atoms with Gasteiger partial charge in [0, 0.05) is 25.8 Å². The average molecular weight is 358 g/mol. The quantitative estimate of drug-likeness (QED) is 0.824. The third-order valence-corrected chi connectivity index (χ3v) is 5.31. The molecule has 0 aliphatic carbocycles. The summed E-state index contributed by atoms with van der Waals surface area (Å²) in [6.45, 7) is 6.25. The first-order valence-electron chi connectivity index (χ1n) is 9.53. The second kappa shape index (κ2) is 7.61. The molecule has 2 fully saturated rings. The molecule has 2 saturated heterocycles. The van der Waals surface area contributed by atoms with Gasteiger partial charge in [-0.3, -0.25) is 4.79 Å². The summed E-state index contributed by atoms with van der Waals surface area (Å²) in [7, 11) is 0. The molecule has 0 spiro atoms. The number of anilines is 1. The number of amides is 1. The highest BCUT2D eigenvalue weighted by molar-refractivity contribution is 5.94. The molecule has 4 heterocycles. The molecule has 1 atom stereocenters. The summed E-state index contributed by atoms with van der Waals surface area (Å²) >= 11 is 0. The van der Waals surface area contributed by atoms with E-state index in [4.69, 9.17) is 14.5 Å². The van der Waals surface area contributed by atoms with Crippen LogP contribution >= 0.6 is 0 Å². The Balaban J connectivity index is 1.48. The Kier molecular flexibility index (Phi) is 5.06. The Bertz CT molecular complexity index is 700. The molecule has 1 aromatic rings. The Morgan fingerprint density at radius 2 is 2.04 bits per heavy atom. The number of hydrogen-bond acceptors (Lipinski definition) is 6. The summed E-state index contributed by atoms with van der Waals surface area (Å²) in [5.74, 6) is 1.61. The van der Waals surface area contributed by atoms with Gasteiger partial charge in [-0.25, -0.2) is 9.97 Å². The van der Waals surface area contributed by atoms with Crippen molar-refractivity contribution in [2.24, 2.45) is 0 Å². The Labute approximate surface area is 154 Å². The van der Waals surface area contributed by atoms with Crippen molar-refractivity contribution in [2.45, 2.75) is 38.7 Å². The smallest absolute Gasteiger partial charge is 0.253 e. The molecular weight excluding hydrogens is 332 g/mol. The Hall–Kier alpha value is -2.15. The Morgan fingerprint density at radius 3 is 2.85 bits per heavy atom. The summed E-state index contributed by atoms with van der Waals surface area (Å²) in [4.78, 5) is 26.1. The minimum Gasteiger partial charge on any atom is -0.498 e. The topological polar surface area (TPSA) is 67.8 Å². The third-order valence-electron chi connectivity index (χ3n) is 5.31. The van der Waals surface area contributed by atoms with Gasteiger partial charge in [0.25, 0.3) is 5.91 Å². The van der Waals surface area contributed by atoms with Crippen LogP contribution in [0.5, 0.6) is 0 Å². The summed E-state index contributed by atoms with van der Waals surface area (Å²) < 4.78 is 11.5. The number of rotatable bonds is 3. The molecule has 0 bridgehead atoms. The lowest BCUT2D eigenvalue weighted by atomic mass is 10.0. The standard InChI is InChI=1S/C19H26N4O3/c1-14-15(5-4-11-25-14)18(24)23-10-12-26-17(13-23)16-6-7-20-19(21-16)22-8-2-3-9-22/h6-7,17H,2-5,8-13H2,1H3/t17-/m1/s1. The van der Waals surface area contributed by atoms with Crippen LogP contribution in [0.4, 0.5) is 5.95 Å². The van der Waals surface area contributed by atoms with Gasteiger partial charge in [-0.05, 0) is 38.7 Å². The van der Waals surface area contributed by atoms with E-state index in [0.29, 0.717) is 26.3 Å². The van der Waals surface area contributed by atoms with E-state index in [1.807, 2.05) is 17.9 Å². The zero-order chi connectivity index (χ0) is 17.9. The molecule has 0 N–H and O–H groups in total. The van der Waals surface area contributed by atoms with Crippen LogP contribution in [0.3, 0.4) is 0 Å². The predicted molar refractivity (Wildman–Crippen MR) is 96.6 cm³/mol. The van der Waals surface area contributed by atoms with Crippen LogP contribution < -0.4 is 4.90 Å². The van der Waals surface area contributed by atoms with Gasteiger partial charge in [0.2, 0.25) is 5.95 Å². The van der Waals surface area contributed by atoms with Crippen LogP contribution in [0.1, 0.15) is 44.4 Å². The third kappa shape index (κ3) is 3.53. The largest absolute Gasteiger partial charge is 0.498 e. The number of ether oxygens (including phenoxy) is 2. The second-order valence-corrected chi connectivity index (χ2v) is 7.07. The molecule has 7 heteroatoms. The maximum Gasteiger partial charge on any atom is 0.253 e. The van der Waals surface area contributed by atoms with Crippen LogP contribution in [0.25, 0.3) is 0 Å². The SMILES string of the molecule is CC1=C(C(=O)N2CCO[C@@H](c3ccnc(N4CCCC4)n3)C2)CCCO1. The van der Waals surface area contributed by atoms with Gasteiger partial charge >= 0.3 is 0 Å². The molecule has 0 radical (unpaired) electrons. The van der Waals surface area contributed by atoms with Gasteiger partial charge < -0.3 is 19.3 Å². The summed E-state index contributed by atoms with van der Waals surface area (Å²) in [5, 5.41) is 0. The molecule has 7 nitrogen and oxygen atoms in total. The number of carbonyl (C=O) groups excluding carboxylic acids is 1. The van der Waals surface area contributed by atoms with E-state index >= 15 is 0 Å². The van der Waals surface area contributed by atoms with Gasteiger partial charge in [0.1, 0.15) is 11.9 Å². The lowest BCUT2D eigenvalue weighted by molar-refractivity contribution is -0.135. The van der Waals surface area contributed by atoms with Crippen molar-refractivity contribution in [2.75, 3.05) is 44.3 Å². The van der Waals surface area contributed by atoms with Crippen molar-refractivity contribution in [1.29, 1.82) is 0 Å². The van der Waals surface area contributed by atoms with E-state index in [9.17, 15) is 4.79 Å². The fourth-order valence-electron chi connectivity index (χ4n) is 3.81. The molecule has 3 aliphatic heterocycles. The molecule has 4 rings (SSSR count). The lowest BCUT2D eigenvalue weighted by Gasteiger charge is -2.34. The first kappa shape index (κ1) is 17.3. The molecule has 140 valence electrons. The first-order valence-corrected chi connectivity index (χ1v) is 9.53. The van der Waals surface area contributed by atoms with E-state index in [1.54, 1.807) is 6.20 Å².